The van der Waals surface area contributed by atoms with Gasteiger partial charge >= 0.3 is 0 Å². The fourth-order valence-electron chi connectivity index (χ4n) is 4.63. The molecule has 4 rings (SSSR count). The molecule has 2 heterocycles. The summed E-state index contributed by atoms with van der Waals surface area (Å²) >= 11 is 6.46. The summed E-state index contributed by atoms with van der Waals surface area (Å²) in [5, 5.41) is 13.3. The first-order valence-electron chi connectivity index (χ1n) is 13.2. The minimum absolute atomic E-state index is 0.000729. The lowest BCUT2D eigenvalue weighted by Crippen LogP contribution is -2.39. The van der Waals surface area contributed by atoms with Gasteiger partial charge in [-0.05, 0) is 89.4 Å². The van der Waals surface area contributed by atoms with Gasteiger partial charge in [0.2, 0.25) is 0 Å². The highest BCUT2D eigenvalue weighted by molar-refractivity contribution is 7.92. The van der Waals surface area contributed by atoms with E-state index in [0.29, 0.717) is 22.6 Å². The number of rotatable bonds is 9. The van der Waals surface area contributed by atoms with Crippen LogP contribution in [-0.2, 0) is 9.84 Å². The smallest absolute Gasteiger partial charge is 0.195 e. The van der Waals surface area contributed by atoms with Gasteiger partial charge in [-0.15, -0.1) is 0 Å². The van der Waals surface area contributed by atoms with Crippen LogP contribution in [-0.4, -0.2) is 38.8 Å². The molecule has 1 unspecified atom stereocenters. The third-order valence-electron chi connectivity index (χ3n) is 6.64. The van der Waals surface area contributed by atoms with Crippen molar-refractivity contribution in [2.45, 2.75) is 82.5 Å². The van der Waals surface area contributed by atoms with Gasteiger partial charge in [-0.25, -0.2) is 13.4 Å². The summed E-state index contributed by atoms with van der Waals surface area (Å²) in [6.45, 7) is 10.5. The Balaban J connectivity index is 1.57. The van der Waals surface area contributed by atoms with Crippen LogP contribution >= 0.6 is 11.6 Å². The molecule has 1 saturated heterocycles. The SMILES string of the molecule is Cc1cc(NC2N=CC(Cl)=C(Nc3ccccc3S(=O)(=O)C(C)C)N2)c(OC(C)C)cc1[C@@H]1CCCCN1. The Hall–Kier alpha value is -2.75. The highest BCUT2D eigenvalue weighted by Crippen LogP contribution is 2.35. The van der Waals surface area contributed by atoms with E-state index in [1.165, 1.54) is 24.0 Å². The molecule has 0 spiro atoms. The average molecular weight is 560 g/mol. The molecule has 4 N–H and O–H groups in total. The van der Waals surface area contributed by atoms with Gasteiger partial charge in [0.05, 0.1) is 32.7 Å². The maximum absolute atomic E-state index is 12.9. The molecule has 2 aliphatic heterocycles. The van der Waals surface area contributed by atoms with Crippen molar-refractivity contribution in [1.82, 2.24) is 10.6 Å². The van der Waals surface area contributed by atoms with Crippen LogP contribution in [0.5, 0.6) is 5.75 Å². The van der Waals surface area contributed by atoms with Crippen molar-refractivity contribution in [3.8, 4) is 5.75 Å². The normalized spacial score (nSPS) is 20.0. The Morgan fingerprint density at radius 2 is 1.87 bits per heavy atom. The van der Waals surface area contributed by atoms with Crippen LogP contribution in [0, 0.1) is 6.92 Å². The number of hydrogen-bond acceptors (Lipinski definition) is 8. The molecule has 0 radical (unpaired) electrons. The van der Waals surface area contributed by atoms with Gasteiger partial charge in [0.15, 0.2) is 16.1 Å². The second-order valence-electron chi connectivity index (χ2n) is 10.3. The number of hydrogen-bond donors (Lipinski definition) is 4. The van der Waals surface area contributed by atoms with E-state index in [2.05, 4.69) is 45.3 Å². The van der Waals surface area contributed by atoms with E-state index >= 15 is 0 Å². The summed E-state index contributed by atoms with van der Waals surface area (Å²) in [4.78, 5) is 4.71. The quantitative estimate of drug-likeness (QED) is 0.314. The largest absolute Gasteiger partial charge is 0.489 e. The third kappa shape index (κ3) is 6.45. The van der Waals surface area contributed by atoms with Crippen molar-refractivity contribution in [2.24, 2.45) is 4.99 Å². The van der Waals surface area contributed by atoms with Crippen LogP contribution in [0.1, 0.15) is 64.1 Å². The van der Waals surface area contributed by atoms with Crippen LogP contribution in [0.3, 0.4) is 0 Å². The second kappa shape index (κ2) is 12.0. The zero-order valence-electron chi connectivity index (χ0n) is 22.6. The van der Waals surface area contributed by atoms with E-state index in [4.69, 9.17) is 16.3 Å². The Morgan fingerprint density at radius 3 is 2.55 bits per heavy atom. The average Bonchev–Trinajstić information content (AvgIpc) is 2.88. The van der Waals surface area contributed by atoms with Gasteiger partial charge in [-0.1, -0.05) is 30.2 Å². The monoisotopic (exact) mass is 559 g/mol. The minimum Gasteiger partial charge on any atom is -0.489 e. The molecule has 0 aromatic heterocycles. The number of nitrogens with zero attached hydrogens (tertiary/aromatic N) is 1. The predicted molar refractivity (Wildman–Crippen MR) is 156 cm³/mol. The van der Waals surface area contributed by atoms with Gasteiger partial charge < -0.3 is 26.0 Å². The number of sulfone groups is 1. The first-order valence-corrected chi connectivity index (χ1v) is 15.1. The molecule has 0 aliphatic carbocycles. The number of aryl methyl sites for hydroxylation is 1. The molecule has 2 aromatic rings. The van der Waals surface area contributed by atoms with Crippen molar-refractivity contribution >= 4 is 39.0 Å². The van der Waals surface area contributed by atoms with Crippen molar-refractivity contribution in [3.63, 3.8) is 0 Å². The van der Waals surface area contributed by atoms with Crippen LogP contribution in [0.2, 0.25) is 0 Å². The topological polar surface area (TPSA) is 104 Å². The molecule has 2 aromatic carbocycles. The maximum Gasteiger partial charge on any atom is 0.195 e. The number of aliphatic imine (C=N–C) groups is 1. The summed E-state index contributed by atoms with van der Waals surface area (Å²) in [7, 11) is -3.50. The molecule has 206 valence electrons. The second-order valence-corrected chi connectivity index (χ2v) is 13.2. The predicted octanol–water partition coefficient (Wildman–Crippen LogP) is 5.67. The minimum atomic E-state index is -3.50. The molecule has 2 aliphatic rings. The number of piperidine rings is 1. The van der Waals surface area contributed by atoms with E-state index in [1.54, 1.807) is 44.3 Å². The summed E-state index contributed by atoms with van der Waals surface area (Å²) in [5.41, 5.74) is 3.67. The zero-order valence-corrected chi connectivity index (χ0v) is 24.2. The molecule has 0 amide bonds. The van der Waals surface area contributed by atoms with Crippen molar-refractivity contribution < 1.29 is 13.2 Å². The number of benzene rings is 2. The van der Waals surface area contributed by atoms with E-state index in [9.17, 15) is 8.42 Å². The Labute approximate surface area is 231 Å². The zero-order chi connectivity index (χ0) is 27.4. The first kappa shape index (κ1) is 28.3. The summed E-state index contributed by atoms with van der Waals surface area (Å²) < 4.78 is 32.0. The molecule has 1 fully saturated rings. The van der Waals surface area contributed by atoms with Gasteiger partial charge in [0, 0.05) is 12.3 Å². The standard InChI is InChI=1S/C28H38ClN5O3S/c1-17(2)37-25-15-20(22-10-8-9-13-30-22)19(5)14-24(25)33-28-31-16-21(29)27(34-28)32-23-11-6-7-12-26(23)38(35,36)18(3)4/h6-7,11-12,14-18,22,28,30,32-34H,8-10,13H2,1-5H3/t22-,28?/m0/s1. The van der Waals surface area contributed by atoms with Crippen molar-refractivity contribution in [1.29, 1.82) is 0 Å². The molecule has 0 saturated carbocycles. The first-order chi connectivity index (χ1) is 18.1. The lowest BCUT2D eigenvalue weighted by molar-refractivity contribution is 0.242. The Kier molecular flexibility index (Phi) is 8.90. The fourth-order valence-corrected chi connectivity index (χ4v) is 5.99. The van der Waals surface area contributed by atoms with Crippen LogP contribution < -0.4 is 26.0 Å². The number of anilines is 2. The van der Waals surface area contributed by atoms with E-state index in [0.717, 1.165) is 24.4 Å². The van der Waals surface area contributed by atoms with Crippen molar-refractivity contribution in [3.05, 3.63) is 58.4 Å². The van der Waals surface area contributed by atoms with E-state index in [1.807, 2.05) is 13.8 Å². The lowest BCUT2D eigenvalue weighted by atomic mass is 9.93. The van der Waals surface area contributed by atoms with Gasteiger partial charge in [0.25, 0.3) is 0 Å². The number of ether oxygens (including phenoxy) is 1. The fraction of sp³-hybridized carbons (Fsp3) is 0.464. The molecule has 0 bridgehead atoms. The summed E-state index contributed by atoms with van der Waals surface area (Å²) in [6.07, 6.45) is 4.52. The third-order valence-corrected chi connectivity index (χ3v) is 9.14. The molecule has 10 heteroatoms. The molecule has 8 nitrogen and oxygen atoms in total. The van der Waals surface area contributed by atoms with Gasteiger partial charge in [-0.2, -0.15) is 0 Å². The molecule has 2 atom stereocenters. The Bertz CT molecular complexity index is 1320. The van der Waals surface area contributed by atoms with E-state index in [-0.39, 0.29) is 11.0 Å². The van der Waals surface area contributed by atoms with Gasteiger partial charge in [-0.3, -0.25) is 0 Å². The highest BCUT2D eigenvalue weighted by atomic mass is 35.5. The van der Waals surface area contributed by atoms with Crippen molar-refractivity contribution in [2.75, 3.05) is 17.2 Å². The maximum atomic E-state index is 12.9. The molecule has 38 heavy (non-hydrogen) atoms. The van der Waals surface area contributed by atoms with Crippen LogP contribution in [0.4, 0.5) is 11.4 Å². The number of nitrogens with one attached hydrogen (secondary N) is 4. The lowest BCUT2D eigenvalue weighted by Gasteiger charge is -2.29. The number of halogens is 1. The summed E-state index contributed by atoms with van der Waals surface area (Å²) in [5.74, 6) is 1.21. The van der Waals surface area contributed by atoms with Crippen LogP contribution in [0.25, 0.3) is 0 Å². The Morgan fingerprint density at radius 1 is 1.11 bits per heavy atom. The highest BCUT2D eigenvalue weighted by Gasteiger charge is 2.25. The van der Waals surface area contributed by atoms with E-state index < -0.39 is 21.4 Å². The molecular formula is C28H38ClN5O3S. The number of allylic oxidation sites excluding steroid dienone is 1. The summed E-state index contributed by atoms with van der Waals surface area (Å²) in [6, 6.07) is 11.3. The molecular weight excluding hydrogens is 522 g/mol. The number of para-hydroxylation sites is 1. The van der Waals surface area contributed by atoms with Crippen LogP contribution in [0.15, 0.2) is 57.1 Å². The van der Waals surface area contributed by atoms with Gasteiger partial charge in [0.1, 0.15) is 11.6 Å².